The highest BCUT2D eigenvalue weighted by Gasteiger charge is 2.28. The van der Waals surface area contributed by atoms with Gasteiger partial charge in [0.2, 0.25) is 11.8 Å². The number of imide groups is 1. The second-order valence-electron chi connectivity index (χ2n) is 7.99. The van der Waals surface area contributed by atoms with Crippen molar-refractivity contribution >= 4 is 23.5 Å². The van der Waals surface area contributed by atoms with Crippen LogP contribution < -0.4 is 20.1 Å². The number of rotatable bonds is 5. The molecule has 30 heavy (non-hydrogen) atoms. The van der Waals surface area contributed by atoms with Crippen LogP contribution in [0.25, 0.3) is 0 Å². The second kappa shape index (κ2) is 9.80. The van der Waals surface area contributed by atoms with Gasteiger partial charge in [-0.2, -0.15) is 0 Å². The monoisotopic (exact) mass is 418 g/mol. The van der Waals surface area contributed by atoms with Crippen molar-refractivity contribution in [2.75, 3.05) is 44.7 Å². The molecule has 1 saturated heterocycles. The zero-order valence-electron chi connectivity index (χ0n) is 17.8. The first kappa shape index (κ1) is 21.9. The summed E-state index contributed by atoms with van der Waals surface area (Å²) in [5, 5.41) is 5.03. The number of nitrogens with one attached hydrogen (secondary N) is 2. The van der Waals surface area contributed by atoms with E-state index < -0.39 is 12.1 Å². The maximum absolute atomic E-state index is 12.5. The second-order valence-corrected chi connectivity index (χ2v) is 7.99. The number of ether oxygens (including phenoxy) is 2. The van der Waals surface area contributed by atoms with E-state index in [0.717, 1.165) is 0 Å². The van der Waals surface area contributed by atoms with Crippen molar-refractivity contribution < 1.29 is 23.9 Å². The summed E-state index contributed by atoms with van der Waals surface area (Å²) < 4.78 is 10.9. The zero-order chi connectivity index (χ0) is 21.7. The molecular weight excluding hydrogens is 388 g/mol. The fourth-order valence-corrected chi connectivity index (χ4v) is 3.50. The topological polar surface area (TPSA) is 100 Å². The number of piperazine rings is 1. The summed E-state index contributed by atoms with van der Waals surface area (Å²) in [6.45, 7) is 9.14. The number of carbonyl (C=O) groups is 3. The number of amides is 4. The first-order valence-electron chi connectivity index (χ1n) is 10.4. The Kier molecular flexibility index (Phi) is 7.15. The van der Waals surface area contributed by atoms with E-state index in [2.05, 4.69) is 10.6 Å². The van der Waals surface area contributed by atoms with Crippen LogP contribution in [0.2, 0.25) is 0 Å². The largest absolute Gasteiger partial charge is 0.486 e. The lowest BCUT2D eigenvalue weighted by molar-refractivity contribution is -0.134. The molecule has 9 heteroatoms. The molecule has 0 aliphatic carbocycles. The standard InChI is InChI=1S/C21H30N4O5/c1-14(2)12-19(26)25-8-6-24(7-9-25)15(3)20(27)23-21(28)22-16-4-5-17-18(13-16)30-11-10-29-17/h4-5,13-15H,6-12H2,1-3H3,(H2,22,23,27,28)/t15-/m1/s1. The SMILES string of the molecule is CC(C)CC(=O)N1CCN([C@H](C)C(=O)NC(=O)Nc2ccc3c(c2)OCCO3)CC1. The Morgan fingerprint density at radius 1 is 1.00 bits per heavy atom. The predicted octanol–water partition coefficient (Wildman–Crippen LogP) is 1.68. The molecule has 0 spiro atoms. The first-order chi connectivity index (χ1) is 14.3. The number of urea groups is 1. The van der Waals surface area contributed by atoms with E-state index >= 15 is 0 Å². The van der Waals surface area contributed by atoms with Crippen LogP contribution in [0.3, 0.4) is 0 Å². The summed E-state index contributed by atoms with van der Waals surface area (Å²) in [6, 6.07) is 3.99. The minimum atomic E-state index is -0.603. The lowest BCUT2D eigenvalue weighted by Crippen LogP contribution is -2.55. The van der Waals surface area contributed by atoms with Gasteiger partial charge in [-0.05, 0) is 25.0 Å². The molecule has 9 nitrogen and oxygen atoms in total. The van der Waals surface area contributed by atoms with E-state index in [1.807, 2.05) is 23.6 Å². The molecule has 1 atom stereocenters. The van der Waals surface area contributed by atoms with Crippen molar-refractivity contribution in [2.45, 2.75) is 33.2 Å². The van der Waals surface area contributed by atoms with Gasteiger partial charge in [0.05, 0.1) is 6.04 Å². The fraction of sp³-hybridized carbons (Fsp3) is 0.571. The van der Waals surface area contributed by atoms with Crippen LogP contribution in [-0.4, -0.2) is 73.1 Å². The predicted molar refractivity (Wildman–Crippen MR) is 112 cm³/mol. The Hall–Kier alpha value is -2.81. The maximum atomic E-state index is 12.5. The molecule has 0 unspecified atom stereocenters. The zero-order valence-corrected chi connectivity index (χ0v) is 17.8. The number of benzene rings is 1. The summed E-state index contributed by atoms with van der Waals surface area (Å²) in [6.07, 6.45) is 0.538. The van der Waals surface area contributed by atoms with Crippen LogP contribution in [0.1, 0.15) is 27.2 Å². The van der Waals surface area contributed by atoms with E-state index in [-0.39, 0.29) is 11.8 Å². The molecule has 0 bridgehead atoms. The van der Waals surface area contributed by atoms with Gasteiger partial charge in [0, 0.05) is 44.4 Å². The number of nitrogens with zero attached hydrogens (tertiary/aromatic N) is 2. The molecule has 2 aliphatic heterocycles. The molecule has 4 amide bonds. The number of hydrogen-bond donors (Lipinski definition) is 2. The van der Waals surface area contributed by atoms with Gasteiger partial charge in [-0.15, -0.1) is 0 Å². The van der Waals surface area contributed by atoms with Gasteiger partial charge in [-0.3, -0.25) is 19.8 Å². The lowest BCUT2D eigenvalue weighted by Gasteiger charge is -2.37. The van der Waals surface area contributed by atoms with Crippen molar-refractivity contribution in [3.05, 3.63) is 18.2 Å². The summed E-state index contributed by atoms with van der Waals surface area (Å²) >= 11 is 0. The number of fused-ring (bicyclic) bond motifs is 1. The molecule has 164 valence electrons. The van der Waals surface area contributed by atoms with Crippen LogP contribution in [0.4, 0.5) is 10.5 Å². The van der Waals surface area contributed by atoms with Crippen molar-refractivity contribution in [3.63, 3.8) is 0 Å². The van der Waals surface area contributed by atoms with Crippen molar-refractivity contribution in [1.82, 2.24) is 15.1 Å². The normalized spacial score (nSPS) is 17.4. The Morgan fingerprint density at radius 2 is 1.67 bits per heavy atom. The van der Waals surface area contributed by atoms with E-state index in [1.54, 1.807) is 25.1 Å². The number of carbonyl (C=O) groups excluding carboxylic acids is 3. The molecule has 2 heterocycles. The number of hydrogen-bond acceptors (Lipinski definition) is 6. The van der Waals surface area contributed by atoms with Gasteiger partial charge >= 0.3 is 6.03 Å². The summed E-state index contributed by atoms with van der Waals surface area (Å²) in [4.78, 5) is 40.7. The Bertz CT molecular complexity index is 790. The third-order valence-electron chi connectivity index (χ3n) is 5.21. The molecule has 3 rings (SSSR count). The Labute approximate surface area is 176 Å². The van der Waals surface area contributed by atoms with E-state index in [4.69, 9.17) is 9.47 Å². The molecule has 2 aliphatic rings. The van der Waals surface area contributed by atoms with Crippen molar-refractivity contribution in [1.29, 1.82) is 0 Å². The Morgan fingerprint density at radius 3 is 2.33 bits per heavy atom. The lowest BCUT2D eigenvalue weighted by atomic mass is 10.1. The van der Waals surface area contributed by atoms with Crippen LogP contribution in [0.5, 0.6) is 11.5 Å². The van der Waals surface area contributed by atoms with Gasteiger partial charge in [0.25, 0.3) is 0 Å². The summed E-state index contributed by atoms with van der Waals surface area (Å²) in [5.74, 6) is 1.28. The fourth-order valence-electron chi connectivity index (χ4n) is 3.50. The molecule has 1 fully saturated rings. The highest BCUT2D eigenvalue weighted by Crippen LogP contribution is 2.32. The summed E-state index contributed by atoms with van der Waals surface area (Å²) in [7, 11) is 0. The molecule has 0 saturated carbocycles. The van der Waals surface area contributed by atoms with Crippen LogP contribution >= 0.6 is 0 Å². The molecular formula is C21H30N4O5. The van der Waals surface area contributed by atoms with E-state index in [1.165, 1.54) is 0 Å². The smallest absolute Gasteiger partial charge is 0.325 e. The third kappa shape index (κ3) is 5.63. The van der Waals surface area contributed by atoms with Crippen LogP contribution in [-0.2, 0) is 9.59 Å². The maximum Gasteiger partial charge on any atom is 0.325 e. The quantitative estimate of drug-likeness (QED) is 0.755. The van der Waals surface area contributed by atoms with Gasteiger partial charge in [0.15, 0.2) is 11.5 Å². The van der Waals surface area contributed by atoms with E-state index in [9.17, 15) is 14.4 Å². The van der Waals surface area contributed by atoms with Crippen LogP contribution in [0, 0.1) is 5.92 Å². The molecule has 0 aromatic heterocycles. The van der Waals surface area contributed by atoms with E-state index in [0.29, 0.717) is 68.9 Å². The van der Waals surface area contributed by atoms with Gasteiger partial charge in [-0.1, -0.05) is 13.8 Å². The minimum absolute atomic E-state index is 0.153. The van der Waals surface area contributed by atoms with Crippen molar-refractivity contribution in [2.24, 2.45) is 5.92 Å². The molecule has 2 N–H and O–H groups in total. The highest BCUT2D eigenvalue weighted by atomic mass is 16.6. The third-order valence-corrected chi connectivity index (χ3v) is 5.21. The van der Waals surface area contributed by atoms with Crippen LogP contribution in [0.15, 0.2) is 18.2 Å². The summed E-state index contributed by atoms with van der Waals surface area (Å²) in [5.41, 5.74) is 0.509. The average Bonchev–Trinajstić information content (AvgIpc) is 2.72. The molecule has 0 radical (unpaired) electrons. The van der Waals surface area contributed by atoms with Crippen molar-refractivity contribution in [3.8, 4) is 11.5 Å². The Balaban J connectivity index is 1.46. The first-order valence-corrected chi connectivity index (χ1v) is 10.4. The highest BCUT2D eigenvalue weighted by molar-refractivity contribution is 6.02. The molecule has 1 aromatic rings. The van der Waals surface area contributed by atoms with Gasteiger partial charge in [0.1, 0.15) is 13.2 Å². The average molecular weight is 418 g/mol. The van der Waals surface area contributed by atoms with Gasteiger partial charge in [-0.25, -0.2) is 4.79 Å². The molecule has 1 aromatic carbocycles. The minimum Gasteiger partial charge on any atom is -0.486 e. The van der Waals surface area contributed by atoms with Gasteiger partial charge < -0.3 is 19.7 Å². The number of anilines is 1.